The summed E-state index contributed by atoms with van der Waals surface area (Å²) in [7, 11) is 0. The predicted octanol–water partition coefficient (Wildman–Crippen LogP) is 1.73. The first kappa shape index (κ1) is 11.4. The molecule has 1 aromatic carbocycles. The largest absolute Gasteiger partial charge is 0.507 e. The summed E-state index contributed by atoms with van der Waals surface area (Å²) in [5.41, 5.74) is -0.108. The first-order valence-electron chi connectivity index (χ1n) is 4.24. The normalized spacial score (nSPS) is 9.40. The first-order chi connectivity index (χ1) is 7.11. The molecule has 0 fully saturated rings. The van der Waals surface area contributed by atoms with E-state index in [4.69, 9.17) is 10.00 Å². The number of phenols is 1. The molecule has 0 aliphatic carbocycles. The number of nitrogens with zero attached hydrogens (tertiary/aromatic N) is 1. The zero-order chi connectivity index (χ0) is 11.4. The van der Waals surface area contributed by atoms with E-state index in [0.717, 1.165) is 0 Å². The van der Waals surface area contributed by atoms with Crippen LogP contribution in [0.3, 0.4) is 0 Å². The van der Waals surface area contributed by atoms with Gasteiger partial charge >= 0.3 is 5.97 Å². The summed E-state index contributed by atoms with van der Waals surface area (Å²) in [5.74, 6) is -0.909. The van der Waals surface area contributed by atoms with Gasteiger partial charge in [-0.1, -0.05) is 0 Å². The summed E-state index contributed by atoms with van der Waals surface area (Å²) in [6.45, 7) is 1.86. The third-order valence-electron chi connectivity index (χ3n) is 1.75. The van der Waals surface area contributed by atoms with Crippen LogP contribution in [0.25, 0.3) is 0 Å². The van der Waals surface area contributed by atoms with Crippen molar-refractivity contribution in [2.75, 3.05) is 6.61 Å². The second-order valence-corrected chi connectivity index (χ2v) is 3.17. The van der Waals surface area contributed by atoms with Crippen LogP contribution in [-0.2, 0) is 4.74 Å². The monoisotopic (exact) mass is 223 g/mol. The van der Waals surface area contributed by atoms with Crippen molar-refractivity contribution in [2.24, 2.45) is 0 Å². The van der Waals surface area contributed by atoms with Crippen LogP contribution < -0.4 is 0 Å². The van der Waals surface area contributed by atoms with Gasteiger partial charge in [-0.3, -0.25) is 0 Å². The zero-order valence-corrected chi connectivity index (χ0v) is 8.91. The molecule has 0 radical (unpaired) electrons. The standard InChI is InChI=1S/C10H9NO3S/c1-2-14-10(13)9-6(5-11)7(12)3-4-8(9)15/h3-4,12,15H,2H2,1H3. The lowest BCUT2D eigenvalue weighted by atomic mass is 10.1. The zero-order valence-electron chi connectivity index (χ0n) is 8.02. The van der Waals surface area contributed by atoms with Crippen LogP contribution in [0.2, 0.25) is 0 Å². The maximum absolute atomic E-state index is 11.5. The highest BCUT2D eigenvalue weighted by molar-refractivity contribution is 7.80. The maximum atomic E-state index is 11.5. The molecular formula is C10H9NO3S. The quantitative estimate of drug-likeness (QED) is 0.591. The topological polar surface area (TPSA) is 70.3 Å². The molecule has 1 aromatic rings. The Labute approximate surface area is 92.5 Å². The number of hydrogen-bond acceptors (Lipinski definition) is 5. The van der Waals surface area contributed by atoms with Gasteiger partial charge in [-0.2, -0.15) is 5.26 Å². The number of phenolic OH excluding ortho intramolecular Hbond substituents is 1. The highest BCUT2D eigenvalue weighted by Gasteiger charge is 2.19. The number of aromatic hydroxyl groups is 1. The molecule has 0 unspecified atom stereocenters. The van der Waals surface area contributed by atoms with Gasteiger partial charge in [-0.05, 0) is 19.1 Å². The Morgan fingerprint density at radius 3 is 2.87 bits per heavy atom. The number of benzene rings is 1. The highest BCUT2D eigenvalue weighted by atomic mass is 32.1. The summed E-state index contributed by atoms with van der Waals surface area (Å²) < 4.78 is 4.76. The molecule has 0 aliphatic rings. The minimum absolute atomic E-state index is 0.00248. The number of rotatable bonds is 2. The minimum atomic E-state index is -0.657. The molecule has 0 bridgehead atoms. The average molecular weight is 223 g/mol. The summed E-state index contributed by atoms with van der Waals surface area (Å²) >= 11 is 4.04. The molecule has 0 saturated carbocycles. The molecule has 0 saturated heterocycles. The molecule has 15 heavy (non-hydrogen) atoms. The van der Waals surface area contributed by atoms with E-state index in [-0.39, 0.29) is 23.5 Å². The van der Waals surface area contributed by atoms with E-state index in [0.29, 0.717) is 4.90 Å². The lowest BCUT2D eigenvalue weighted by molar-refractivity contribution is 0.0521. The minimum Gasteiger partial charge on any atom is -0.507 e. The fourth-order valence-electron chi connectivity index (χ4n) is 1.10. The smallest absolute Gasteiger partial charge is 0.340 e. The van der Waals surface area contributed by atoms with Crippen molar-refractivity contribution < 1.29 is 14.6 Å². The molecule has 0 heterocycles. The van der Waals surface area contributed by atoms with Crippen molar-refractivity contribution in [3.8, 4) is 11.8 Å². The van der Waals surface area contributed by atoms with Crippen LogP contribution in [0.15, 0.2) is 17.0 Å². The Kier molecular flexibility index (Phi) is 3.58. The van der Waals surface area contributed by atoms with Crippen LogP contribution in [0, 0.1) is 11.3 Å². The second-order valence-electron chi connectivity index (χ2n) is 2.69. The number of carbonyl (C=O) groups is 1. The highest BCUT2D eigenvalue weighted by Crippen LogP contribution is 2.26. The van der Waals surface area contributed by atoms with Crippen molar-refractivity contribution in [3.63, 3.8) is 0 Å². The number of thiol groups is 1. The summed E-state index contributed by atoms with van der Waals surface area (Å²) in [5, 5.41) is 18.2. The fraction of sp³-hybridized carbons (Fsp3) is 0.200. The van der Waals surface area contributed by atoms with Gasteiger partial charge < -0.3 is 9.84 Å². The van der Waals surface area contributed by atoms with Crippen LogP contribution in [-0.4, -0.2) is 17.7 Å². The van der Waals surface area contributed by atoms with Crippen LogP contribution in [0.5, 0.6) is 5.75 Å². The number of ether oxygens (including phenoxy) is 1. The summed E-state index contributed by atoms with van der Waals surface area (Å²) in [6, 6.07) is 4.49. The Morgan fingerprint density at radius 2 is 2.33 bits per heavy atom. The molecule has 1 rings (SSSR count). The molecule has 0 aromatic heterocycles. The van der Waals surface area contributed by atoms with Crippen LogP contribution in [0.4, 0.5) is 0 Å². The summed E-state index contributed by atoms with van der Waals surface area (Å²) in [4.78, 5) is 11.8. The number of hydrogen-bond donors (Lipinski definition) is 2. The van der Waals surface area contributed by atoms with Crippen LogP contribution >= 0.6 is 12.6 Å². The molecule has 0 aliphatic heterocycles. The van der Waals surface area contributed by atoms with Gasteiger partial charge in [0.2, 0.25) is 0 Å². The van der Waals surface area contributed by atoms with Crippen molar-refractivity contribution in [2.45, 2.75) is 11.8 Å². The molecule has 4 nitrogen and oxygen atoms in total. The Hall–Kier alpha value is -1.67. The molecule has 1 N–H and O–H groups in total. The van der Waals surface area contributed by atoms with E-state index in [1.54, 1.807) is 13.0 Å². The van der Waals surface area contributed by atoms with E-state index in [1.165, 1.54) is 12.1 Å². The molecule has 78 valence electrons. The SMILES string of the molecule is CCOC(=O)c1c(S)ccc(O)c1C#N. The van der Waals surface area contributed by atoms with Gasteiger partial charge in [0.05, 0.1) is 12.2 Å². The van der Waals surface area contributed by atoms with Crippen molar-refractivity contribution in [3.05, 3.63) is 23.3 Å². The Bertz CT molecular complexity index is 437. The van der Waals surface area contributed by atoms with Crippen molar-refractivity contribution >= 4 is 18.6 Å². The third-order valence-corrected chi connectivity index (χ3v) is 2.13. The van der Waals surface area contributed by atoms with E-state index in [1.807, 2.05) is 0 Å². The molecule has 0 amide bonds. The average Bonchev–Trinajstić information content (AvgIpc) is 2.21. The molecule has 5 heteroatoms. The predicted molar refractivity (Wildman–Crippen MR) is 56.0 cm³/mol. The number of carbonyl (C=O) groups excluding carboxylic acids is 1. The number of esters is 1. The lowest BCUT2D eigenvalue weighted by Crippen LogP contribution is -2.08. The van der Waals surface area contributed by atoms with Crippen LogP contribution in [0.1, 0.15) is 22.8 Å². The first-order valence-corrected chi connectivity index (χ1v) is 4.68. The fourth-order valence-corrected chi connectivity index (χ4v) is 1.38. The molecule has 0 atom stereocenters. The van der Waals surface area contributed by atoms with Crippen molar-refractivity contribution in [1.82, 2.24) is 0 Å². The van der Waals surface area contributed by atoms with E-state index < -0.39 is 5.97 Å². The van der Waals surface area contributed by atoms with Gasteiger partial charge in [0, 0.05) is 4.90 Å². The second kappa shape index (κ2) is 4.71. The van der Waals surface area contributed by atoms with Gasteiger partial charge in [0.15, 0.2) is 0 Å². The number of nitriles is 1. The Morgan fingerprint density at radius 1 is 1.67 bits per heavy atom. The maximum Gasteiger partial charge on any atom is 0.340 e. The van der Waals surface area contributed by atoms with E-state index in [9.17, 15) is 9.90 Å². The Balaban J connectivity index is 3.33. The summed E-state index contributed by atoms with van der Waals surface area (Å²) in [6.07, 6.45) is 0. The van der Waals surface area contributed by atoms with Crippen molar-refractivity contribution in [1.29, 1.82) is 5.26 Å². The lowest BCUT2D eigenvalue weighted by Gasteiger charge is -2.07. The van der Waals surface area contributed by atoms with Gasteiger partial charge in [0.1, 0.15) is 17.4 Å². The van der Waals surface area contributed by atoms with E-state index >= 15 is 0 Å². The van der Waals surface area contributed by atoms with Gasteiger partial charge in [-0.25, -0.2) is 4.79 Å². The van der Waals surface area contributed by atoms with Gasteiger partial charge in [-0.15, -0.1) is 12.6 Å². The molecular weight excluding hydrogens is 214 g/mol. The van der Waals surface area contributed by atoms with E-state index in [2.05, 4.69) is 12.6 Å². The molecule has 0 spiro atoms. The van der Waals surface area contributed by atoms with Gasteiger partial charge in [0.25, 0.3) is 0 Å². The third kappa shape index (κ3) is 2.22.